The van der Waals surface area contributed by atoms with E-state index in [1.807, 2.05) is 0 Å². The Morgan fingerprint density at radius 3 is 1.73 bits per heavy atom. The molecule has 0 unspecified atom stereocenters. The summed E-state index contributed by atoms with van der Waals surface area (Å²) in [4.78, 5) is 0. The molecule has 15 heavy (non-hydrogen) atoms. The maximum atomic E-state index is 5.32. The minimum Gasteiger partial charge on any atom is -0.379 e. The van der Waals surface area contributed by atoms with E-state index in [0.717, 1.165) is 25.4 Å². The van der Waals surface area contributed by atoms with Crippen LogP contribution in [0.15, 0.2) is 0 Å². The summed E-state index contributed by atoms with van der Waals surface area (Å²) < 4.78 is 15.9. The summed E-state index contributed by atoms with van der Waals surface area (Å²) in [6.07, 6.45) is 3.14. The predicted octanol–water partition coefficient (Wildman–Crippen LogP) is -1.19. The van der Waals surface area contributed by atoms with E-state index in [0.29, 0.717) is 26.4 Å². The molecule has 86 valence electrons. The van der Waals surface area contributed by atoms with Crippen molar-refractivity contribution >= 4 is 11.8 Å². The number of hydrogen-bond acceptors (Lipinski definition) is 4. The largest absolute Gasteiger partial charge is 1.00 e. The third kappa shape index (κ3) is 17.8. The standard InChI is InChI=1S/C10H22O3S.Na/c1-3-4-11-5-6-12-7-8-13-9-10-14-2;/h3-10H2,1-2H3;/q;+1. The third-order valence-electron chi connectivity index (χ3n) is 1.52. The van der Waals surface area contributed by atoms with Gasteiger partial charge in [-0.1, -0.05) is 6.92 Å². The Morgan fingerprint density at radius 1 is 0.800 bits per heavy atom. The number of ether oxygens (including phenoxy) is 3. The van der Waals surface area contributed by atoms with Gasteiger partial charge in [0, 0.05) is 12.4 Å². The van der Waals surface area contributed by atoms with Gasteiger partial charge in [0.1, 0.15) is 0 Å². The first-order chi connectivity index (χ1) is 6.91. The molecular formula is C10H22NaO3S+. The van der Waals surface area contributed by atoms with Crippen LogP contribution in [-0.2, 0) is 14.2 Å². The van der Waals surface area contributed by atoms with Crippen LogP contribution < -0.4 is 29.6 Å². The summed E-state index contributed by atoms with van der Waals surface area (Å²) in [6.45, 7) is 6.47. The van der Waals surface area contributed by atoms with Gasteiger partial charge in [0.2, 0.25) is 0 Å². The molecule has 3 nitrogen and oxygen atoms in total. The zero-order valence-electron chi connectivity index (χ0n) is 10.3. The van der Waals surface area contributed by atoms with E-state index in [2.05, 4.69) is 13.2 Å². The van der Waals surface area contributed by atoms with Gasteiger partial charge < -0.3 is 14.2 Å². The van der Waals surface area contributed by atoms with Gasteiger partial charge in [-0.25, -0.2) is 0 Å². The van der Waals surface area contributed by atoms with E-state index in [1.165, 1.54) is 0 Å². The number of thioether (sulfide) groups is 1. The van der Waals surface area contributed by atoms with Crippen LogP contribution in [0.25, 0.3) is 0 Å². The molecule has 0 aromatic rings. The maximum Gasteiger partial charge on any atom is 1.00 e. The first kappa shape index (κ1) is 18.6. The quantitative estimate of drug-likeness (QED) is 0.338. The molecular weight excluding hydrogens is 223 g/mol. The van der Waals surface area contributed by atoms with Gasteiger partial charge in [-0.05, 0) is 12.7 Å². The van der Waals surface area contributed by atoms with Crippen LogP contribution in [0.3, 0.4) is 0 Å². The van der Waals surface area contributed by atoms with Crippen LogP contribution in [0.5, 0.6) is 0 Å². The van der Waals surface area contributed by atoms with Gasteiger partial charge >= 0.3 is 29.6 Å². The summed E-state index contributed by atoms with van der Waals surface area (Å²) in [5.41, 5.74) is 0. The average molecular weight is 245 g/mol. The average Bonchev–Trinajstić information content (AvgIpc) is 2.21. The fourth-order valence-corrected chi connectivity index (χ4v) is 1.11. The molecule has 0 amide bonds. The topological polar surface area (TPSA) is 27.7 Å². The summed E-state index contributed by atoms with van der Waals surface area (Å²) in [6, 6.07) is 0. The fraction of sp³-hybridized carbons (Fsp3) is 1.00. The molecule has 0 aliphatic heterocycles. The first-order valence-electron chi connectivity index (χ1n) is 5.14. The predicted molar refractivity (Wildman–Crippen MR) is 61.1 cm³/mol. The molecule has 0 aliphatic rings. The van der Waals surface area contributed by atoms with Crippen LogP contribution in [0.4, 0.5) is 0 Å². The monoisotopic (exact) mass is 245 g/mol. The zero-order chi connectivity index (χ0) is 10.5. The molecule has 0 saturated heterocycles. The molecule has 0 aromatic carbocycles. The molecule has 0 rings (SSSR count). The Bertz CT molecular complexity index is 94.7. The van der Waals surface area contributed by atoms with Gasteiger partial charge in [0.15, 0.2) is 0 Å². The molecule has 0 bridgehead atoms. The van der Waals surface area contributed by atoms with Crippen LogP contribution in [0, 0.1) is 0 Å². The maximum absolute atomic E-state index is 5.32. The summed E-state index contributed by atoms with van der Waals surface area (Å²) in [5, 5.41) is 0. The zero-order valence-corrected chi connectivity index (χ0v) is 13.1. The minimum absolute atomic E-state index is 0. The molecule has 0 spiro atoms. The summed E-state index contributed by atoms with van der Waals surface area (Å²) in [5.74, 6) is 1.06. The minimum atomic E-state index is 0. The van der Waals surface area contributed by atoms with Crippen molar-refractivity contribution in [1.29, 1.82) is 0 Å². The van der Waals surface area contributed by atoms with E-state index in [-0.39, 0.29) is 29.6 Å². The summed E-state index contributed by atoms with van der Waals surface area (Å²) in [7, 11) is 0. The Morgan fingerprint density at radius 2 is 1.27 bits per heavy atom. The van der Waals surface area contributed by atoms with Crippen molar-refractivity contribution in [3.05, 3.63) is 0 Å². The number of rotatable bonds is 11. The van der Waals surface area contributed by atoms with Crippen molar-refractivity contribution in [1.82, 2.24) is 0 Å². The van der Waals surface area contributed by atoms with Crippen molar-refractivity contribution < 1.29 is 43.8 Å². The van der Waals surface area contributed by atoms with Gasteiger partial charge in [0.05, 0.1) is 33.0 Å². The molecule has 0 aliphatic carbocycles. The molecule has 0 radical (unpaired) electrons. The summed E-state index contributed by atoms with van der Waals surface area (Å²) >= 11 is 1.79. The van der Waals surface area contributed by atoms with Crippen molar-refractivity contribution in [3.63, 3.8) is 0 Å². The van der Waals surface area contributed by atoms with Crippen molar-refractivity contribution in [2.75, 3.05) is 51.6 Å². The van der Waals surface area contributed by atoms with E-state index in [9.17, 15) is 0 Å². The van der Waals surface area contributed by atoms with Crippen LogP contribution in [-0.4, -0.2) is 51.6 Å². The van der Waals surface area contributed by atoms with Crippen LogP contribution in [0.2, 0.25) is 0 Å². The van der Waals surface area contributed by atoms with Crippen molar-refractivity contribution in [3.8, 4) is 0 Å². The van der Waals surface area contributed by atoms with Crippen LogP contribution >= 0.6 is 11.8 Å². The second kappa shape index (κ2) is 17.6. The molecule has 0 fully saturated rings. The van der Waals surface area contributed by atoms with Gasteiger partial charge in [-0.15, -0.1) is 0 Å². The molecule has 0 N–H and O–H groups in total. The molecule has 0 saturated carbocycles. The molecule has 0 aromatic heterocycles. The second-order valence-electron chi connectivity index (χ2n) is 2.83. The van der Waals surface area contributed by atoms with Crippen molar-refractivity contribution in [2.24, 2.45) is 0 Å². The van der Waals surface area contributed by atoms with Gasteiger partial charge in [-0.2, -0.15) is 11.8 Å². The normalized spacial score (nSPS) is 10.0. The Balaban J connectivity index is 0. The number of hydrogen-bond donors (Lipinski definition) is 0. The Hall–Kier alpha value is 1.23. The molecule has 5 heteroatoms. The van der Waals surface area contributed by atoms with Gasteiger partial charge in [-0.3, -0.25) is 0 Å². The van der Waals surface area contributed by atoms with E-state index >= 15 is 0 Å². The Kier molecular flexibility index (Phi) is 21.8. The smallest absolute Gasteiger partial charge is 0.379 e. The van der Waals surface area contributed by atoms with Crippen molar-refractivity contribution in [2.45, 2.75) is 13.3 Å². The SMILES string of the molecule is CCCOCCOCCOCCSC.[Na+]. The van der Waals surface area contributed by atoms with E-state index in [4.69, 9.17) is 14.2 Å². The van der Waals surface area contributed by atoms with E-state index < -0.39 is 0 Å². The molecule has 0 heterocycles. The third-order valence-corrected chi connectivity index (χ3v) is 2.10. The van der Waals surface area contributed by atoms with E-state index in [1.54, 1.807) is 11.8 Å². The molecule has 0 atom stereocenters. The fourth-order valence-electron chi connectivity index (χ4n) is 0.828. The first-order valence-corrected chi connectivity index (χ1v) is 6.53. The Labute approximate surface area is 120 Å². The van der Waals surface area contributed by atoms with Crippen LogP contribution in [0.1, 0.15) is 13.3 Å². The van der Waals surface area contributed by atoms with Gasteiger partial charge in [0.25, 0.3) is 0 Å². The second-order valence-corrected chi connectivity index (χ2v) is 3.82.